The molecule has 0 aromatic heterocycles. The van der Waals surface area contributed by atoms with Crippen molar-refractivity contribution in [3.8, 4) is 28.7 Å². The van der Waals surface area contributed by atoms with Crippen LogP contribution >= 0.6 is 8.58 Å². The van der Waals surface area contributed by atoms with Gasteiger partial charge >= 0.3 is 0 Å². The van der Waals surface area contributed by atoms with Gasteiger partial charge in [-0.1, -0.05) is 80.3 Å². The third-order valence-electron chi connectivity index (χ3n) is 5.03. The van der Waals surface area contributed by atoms with E-state index in [-0.39, 0.29) is 8.58 Å². The highest BCUT2D eigenvalue weighted by atomic mass is 31.1. The van der Waals surface area contributed by atoms with E-state index in [0.717, 1.165) is 38.8 Å². The molecule has 4 rings (SSSR count). The monoisotopic (exact) mass is 458 g/mol. The summed E-state index contributed by atoms with van der Waals surface area (Å²) in [5, 5.41) is 14.0. The number of ether oxygens (including phenoxy) is 2. The van der Waals surface area contributed by atoms with Gasteiger partial charge in [0.15, 0.2) is 0 Å². The quantitative estimate of drug-likeness (QED) is 0.267. The van der Waals surface area contributed by atoms with Crippen molar-refractivity contribution in [1.29, 1.82) is 0 Å². The Balaban J connectivity index is 1.77. The van der Waals surface area contributed by atoms with Gasteiger partial charge in [-0.05, 0) is 50.2 Å². The van der Waals surface area contributed by atoms with Crippen LogP contribution in [0.5, 0.6) is 28.7 Å². The molecule has 0 heterocycles. The van der Waals surface area contributed by atoms with Gasteiger partial charge in [0.2, 0.25) is 0 Å². The van der Waals surface area contributed by atoms with Gasteiger partial charge in [0, 0.05) is 5.30 Å². The number of benzene rings is 4. The van der Waals surface area contributed by atoms with Gasteiger partial charge in [-0.25, -0.2) is 0 Å². The molecule has 1 N–H and O–H groups in total. The van der Waals surface area contributed by atoms with Crippen LogP contribution in [0.1, 0.15) is 0 Å². The molecule has 0 radical (unpaired) electrons. The molecular weight excluding hydrogens is 431 g/mol. The predicted octanol–water partition coefficient (Wildman–Crippen LogP) is 6.15. The highest BCUT2D eigenvalue weighted by Crippen LogP contribution is 2.34. The van der Waals surface area contributed by atoms with Crippen molar-refractivity contribution in [1.82, 2.24) is 0 Å². The molecule has 0 bridgehead atoms. The van der Waals surface area contributed by atoms with Crippen LogP contribution in [0.25, 0.3) is 0 Å². The first-order valence-electron chi connectivity index (χ1n) is 10.6. The summed E-state index contributed by atoms with van der Waals surface area (Å²) in [5.41, 5.74) is 0. The maximum absolute atomic E-state index is 11.1. The van der Waals surface area contributed by atoms with E-state index in [0.29, 0.717) is 5.75 Å². The summed E-state index contributed by atoms with van der Waals surface area (Å²) >= 11 is 0. The average Bonchev–Trinajstić information content (AvgIpc) is 2.78. The van der Waals surface area contributed by atoms with Gasteiger partial charge in [-0.3, -0.25) is 0 Å². The Kier molecular flexibility index (Phi) is 6.64. The minimum Gasteiger partial charge on any atom is -0.507 e. The lowest BCUT2D eigenvalue weighted by Crippen LogP contribution is -2.39. The molecule has 0 saturated carbocycles. The second-order valence-electron chi connectivity index (χ2n) is 8.54. The van der Waals surface area contributed by atoms with Crippen LogP contribution < -0.4 is 25.3 Å². The Labute approximate surface area is 192 Å². The fraction of sp³-hybridized carbons (Fsp3) is 0.111. The van der Waals surface area contributed by atoms with Crippen LogP contribution in [-0.2, 0) is 0 Å². The van der Waals surface area contributed by atoms with E-state index in [1.54, 1.807) is 0 Å². The topological polar surface area (TPSA) is 38.7 Å². The summed E-state index contributed by atoms with van der Waals surface area (Å²) in [4.78, 5) is 0. The molecule has 0 spiro atoms. The molecule has 1 unspecified atom stereocenters. The van der Waals surface area contributed by atoms with Gasteiger partial charge in [0.25, 0.3) is 0 Å². The summed E-state index contributed by atoms with van der Waals surface area (Å²) in [6.07, 6.45) is 0. The highest BCUT2D eigenvalue weighted by Gasteiger charge is 2.23. The Bertz CT molecular complexity index is 1130. The minimum absolute atomic E-state index is 0.174. The predicted molar refractivity (Wildman–Crippen MR) is 138 cm³/mol. The van der Waals surface area contributed by atoms with Crippen LogP contribution in [-0.4, -0.2) is 13.2 Å². The van der Waals surface area contributed by atoms with E-state index in [9.17, 15) is 5.11 Å². The molecule has 32 heavy (non-hydrogen) atoms. The SMILES string of the molecule is C[Si](C)(C)c1cccc(Pc2c(Oc3ccccc3)cccc2Oc2ccccc2)c1O. The smallest absolute Gasteiger partial charge is 0.138 e. The van der Waals surface area contributed by atoms with Gasteiger partial charge in [-0.2, -0.15) is 0 Å². The number of rotatable bonds is 7. The lowest BCUT2D eigenvalue weighted by molar-refractivity contribution is 0.468. The maximum Gasteiger partial charge on any atom is 0.138 e. The fourth-order valence-corrected chi connectivity index (χ4v) is 6.20. The molecule has 1 atom stereocenters. The van der Waals surface area contributed by atoms with Gasteiger partial charge in [0.1, 0.15) is 28.7 Å². The zero-order valence-electron chi connectivity index (χ0n) is 18.5. The molecule has 0 aliphatic carbocycles. The first-order valence-corrected chi connectivity index (χ1v) is 15.1. The van der Waals surface area contributed by atoms with E-state index in [2.05, 4.69) is 19.6 Å². The Morgan fingerprint density at radius 1 is 0.625 bits per heavy atom. The molecular formula is C27H27O3PSi. The zero-order chi connectivity index (χ0) is 22.6. The number of aromatic hydroxyl groups is 1. The van der Waals surface area contributed by atoms with E-state index < -0.39 is 8.07 Å². The van der Waals surface area contributed by atoms with Crippen molar-refractivity contribution < 1.29 is 14.6 Å². The first-order chi connectivity index (χ1) is 15.4. The lowest BCUT2D eigenvalue weighted by atomic mass is 10.3. The number of para-hydroxylation sites is 3. The molecule has 4 aromatic carbocycles. The molecule has 0 aliphatic rings. The van der Waals surface area contributed by atoms with Crippen molar-refractivity contribution in [3.05, 3.63) is 97.1 Å². The van der Waals surface area contributed by atoms with E-state index in [1.807, 2.05) is 97.1 Å². The van der Waals surface area contributed by atoms with Crippen molar-refractivity contribution in [2.24, 2.45) is 0 Å². The summed E-state index contributed by atoms with van der Waals surface area (Å²) in [6, 6.07) is 31.4. The van der Waals surface area contributed by atoms with Crippen molar-refractivity contribution in [2.45, 2.75) is 19.6 Å². The summed E-state index contributed by atoms with van der Waals surface area (Å²) in [7, 11) is -1.51. The third-order valence-corrected chi connectivity index (χ3v) is 8.47. The Morgan fingerprint density at radius 2 is 1.12 bits per heavy atom. The normalized spacial score (nSPS) is 11.6. The minimum atomic E-state index is -1.68. The van der Waals surface area contributed by atoms with Gasteiger partial charge in [-0.15, -0.1) is 0 Å². The lowest BCUT2D eigenvalue weighted by Gasteiger charge is -2.21. The van der Waals surface area contributed by atoms with Crippen LogP contribution in [0.15, 0.2) is 97.1 Å². The largest absolute Gasteiger partial charge is 0.507 e. The summed E-state index contributed by atoms with van der Waals surface area (Å²) in [6.45, 7) is 6.72. The van der Waals surface area contributed by atoms with E-state index in [4.69, 9.17) is 9.47 Å². The average molecular weight is 459 g/mol. The van der Waals surface area contributed by atoms with Crippen LogP contribution in [0.3, 0.4) is 0 Å². The molecule has 0 saturated heterocycles. The van der Waals surface area contributed by atoms with Crippen LogP contribution in [0.2, 0.25) is 19.6 Å². The Hall–Kier alpha value is -3.07. The molecule has 5 heteroatoms. The summed E-state index contributed by atoms with van der Waals surface area (Å²) in [5.74, 6) is 3.36. The number of hydrogen-bond donors (Lipinski definition) is 1. The van der Waals surface area contributed by atoms with Crippen LogP contribution in [0.4, 0.5) is 0 Å². The molecule has 0 fully saturated rings. The molecule has 3 nitrogen and oxygen atoms in total. The Morgan fingerprint density at radius 3 is 1.62 bits per heavy atom. The van der Waals surface area contributed by atoms with Crippen molar-refractivity contribution >= 4 is 32.5 Å². The molecule has 0 amide bonds. The van der Waals surface area contributed by atoms with Gasteiger partial charge < -0.3 is 14.6 Å². The van der Waals surface area contributed by atoms with Crippen molar-refractivity contribution in [2.75, 3.05) is 0 Å². The number of phenolic OH excluding ortho intramolecular Hbond substituents is 1. The number of phenols is 1. The number of hydrogen-bond acceptors (Lipinski definition) is 3. The van der Waals surface area contributed by atoms with Crippen molar-refractivity contribution in [3.63, 3.8) is 0 Å². The fourth-order valence-electron chi connectivity index (χ4n) is 3.42. The van der Waals surface area contributed by atoms with E-state index >= 15 is 0 Å². The second kappa shape index (κ2) is 9.60. The first kappa shape index (κ1) is 22.1. The third kappa shape index (κ3) is 5.21. The van der Waals surface area contributed by atoms with Crippen LogP contribution in [0, 0.1) is 0 Å². The maximum atomic E-state index is 11.1. The second-order valence-corrected chi connectivity index (χ2v) is 14.9. The van der Waals surface area contributed by atoms with Gasteiger partial charge in [0.05, 0.1) is 13.4 Å². The standard InChI is InChI=1S/C27H27O3PSi/c1-32(2,3)25-19-11-18-24(26(25)28)31-27-22(29-20-12-6-4-7-13-20)16-10-17-23(27)30-21-14-8-5-9-15-21/h4-19,28,31H,1-3H3. The molecule has 162 valence electrons. The molecule has 0 aliphatic heterocycles. The van der Waals surface area contributed by atoms with E-state index in [1.165, 1.54) is 0 Å². The molecule has 4 aromatic rings. The highest BCUT2D eigenvalue weighted by molar-refractivity contribution is 7.56. The zero-order valence-corrected chi connectivity index (χ0v) is 20.5. The summed E-state index contributed by atoms with van der Waals surface area (Å²) < 4.78 is 12.5.